The fourth-order valence-electron chi connectivity index (χ4n) is 3.27. The number of hydrogen-bond acceptors (Lipinski definition) is 3. The number of aliphatic imine (C=N–C) groups is 1. The normalized spacial score (nSPS) is 15.6. The van der Waals surface area contributed by atoms with Crippen molar-refractivity contribution in [3.63, 3.8) is 0 Å². The van der Waals surface area contributed by atoms with Gasteiger partial charge in [0, 0.05) is 45.2 Å². The molecule has 6 nitrogen and oxygen atoms in total. The Labute approximate surface area is 167 Å². The molecule has 27 heavy (non-hydrogen) atoms. The van der Waals surface area contributed by atoms with Gasteiger partial charge in [-0.3, -0.25) is 9.79 Å². The molecule has 0 aliphatic carbocycles. The quantitative estimate of drug-likeness (QED) is 0.424. The lowest BCUT2D eigenvalue weighted by atomic mass is 9.93. The number of benzene rings is 1. The van der Waals surface area contributed by atoms with Crippen molar-refractivity contribution in [1.82, 2.24) is 15.5 Å². The molecule has 2 rings (SSSR count). The maximum atomic E-state index is 11.5. The van der Waals surface area contributed by atoms with E-state index in [2.05, 4.69) is 20.5 Å². The van der Waals surface area contributed by atoms with Crippen molar-refractivity contribution in [2.75, 3.05) is 40.3 Å². The molecule has 1 saturated heterocycles. The van der Waals surface area contributed by atoms with E-state index in [1.54, 1.807) is 7.05 Å². The average molecular weight is 395 g/mol. The molecular weight excluding hydrogens is 364 g/mol. The molecule has 1 fully saturated rings. The number of amides is 1. The van der Waals surface area contributed by atoms with Gasteiger partial charge in [0.2, 0.25) is 5.91 Å². The zero-order chi connectivity index (χ0) is 19.6. The van der Waals surface area contributed by atoms with Gasteiger partial charge in [-0.05, 0) is 55.9 Å². The van der Waals surface area contributed by atoms with Crippen LogP contribution in [0.5, 0.6) is 5.75 Å². The van der Waals surface area contributed by atoms with E-state index in [4.69, 9.17) is 16.3 Å². The fraction of sp³-hybridized carbons (Fsp3) is 0.600. The number of aryl methyl sites for hydroxylation is 1. The van der Waals surface area contributed by atoms with Crippen LogP contribution in [0.1, 0.15) is 31.2 Å². The summed E-state index contributed by atoms with van der Waals surface area (Å²) in [6.45, 7) is 5.30. The molecular formula is C20H31ClN4O2. The number of carbonyl (C=O) groups excluding carboxylic acids is 1. The third-order valence-corrected chi connectivity index (χ3v) is 5.11. The van der Waals surface area contributed by atoms with Crippen molar-refractivity contribution < 1.29 is 9.53 Å². The molecule has 7 heteroatoms. The highest BCUT2D eigenvalue weighted by atomic mass is 35.5. The number of piperidine rings is 1. The first kappa shape index (κ1) is 21.4. The summed E-state index contributed by atoms with van der Waals surface area (Å²) < 4.78 is 5.82. The molecule has 2 N–H and O–H groups in total. The van der Waals surface area contributed by atoms with Gasteiger partial charge in [-0.15, -0.1) is 0 Å². The molecule has 0 saturated carbocycles. The van der Waals surface area contributed by atoms with Crippen molar-refractivity contribution in [3.8, 4) is 5.75 Å². The second-order valence-corrected chi connectivity index (χ2v) is 7.33. The van der Waals surface area contributed by atoms with Gasteiger partial charge in [-0.2, -0.15) is 0 Å². The molecule has 150 valence electrons. The highest BCUT2D eigenvalue weighted by molar-refractivity contribution is 6.30. The molecule has 1 aliphatic rings. The van der Waals surface area contributed by atoms with E-state index < -0.39 is 0 Å². The van der Waals surface area contributed by atoms with Crippen LogP contribution in [-0.4, -0.2) is 57.1 Å². The van der Waals surface area contributed by atoms with Crippen LogP contribution in [-0.2, 0) is 4.79 Å². The smallest absolute Gasteiger partial charge is 0.220 e. The van der Waals surface area contributed by atoms with Gasteiger partial charge < -0.3 is 20.3 Å². The van der Waals surface area contributed by atoms with Gasteiger partial charge in [0.1, 0.15) is 5.75 Å². The number of likely N-dealkylation sites (tertiary alicyclic amines) is 1. The zero-order valence-corrected chi connectivity index (χ0v) is 17.3. The van der Waals surface area contributed by atoms with Crippen molar-refractivity contribution in [2.24, 2.45) is 10.9 Å². The Balaban J connectivity index is 1.66. The third-order valence-electron chi connectivity index (χ3n) is 4.88. The minimum Gasteiger partial charge on any atom is -0.493 e. The van der Waals surface area contributed by atoms with Crippen LogP contribution in [0, 0.1) is 12.8 Å². The van der Waals surface area contributed by atoms with E-state index in [1.807, 2.05) is 32.2 Å². The van der Waals surface area contributed by atoms with Crippen LogP contribution in [0.3, 0.4) is 0 Å². The Bertz CT molecular complexity index is 643. The first-order valence-corrected chi connectivity index (χ1v) is 9.96. The lowest BCUT2D eigenvalue weighted by molar-refractivity contribution is -0.121. The second-order valence-electron chi connectivity index (χ2n) is 6.89. The maximum Gasteiger partial charge on any atom is 0.220 e. The van der Waals surface area contributed by atoms with Crippen molar-refractivity contribution in [1.29, 1.82) is 0 Å². The van der Waals surface area contributed by atoms with Gasteiger partial charge >= 0.3 is 0 Å². The first-order valence-electron chi connectivity index (χ1n) is 9.58. The molecule has 1 aromatic carbocycles. The number of hydrogen-bond donors (Lipinski definition) is 2. The van der Waals surface area contributed by atoms with Gasteiger partial charge in [0.05, 0.1) is 6.61 Å². The Kier molecular flexibility index (Phi) is 8.72. The number of ether oxygens (including phenoxy) is 1. The summed E-state index contributed by atoms with van der Waals surface area (Å²) in [6, 6.07) is 5.66. The van der Waals surface area contributed by atoms with E-state index in [0.717, 1.165) is 61.2 Å². The Morgan fingerprint density at radius 2 is 2.11 bits per heavy atom. The van der Waals surface area contributed by atoms with Gasteiger partial charge in [0.15, 0.2) is 5.96 Å². The largest absolute Gasteiger partial charge is 0.493 e. The van der Waals surface area contributed by atoms with Crippen LogP contribution in [0.2, 0.25) is 5.02 Å². The second kappa shape index (κ2) is 11.0. The first-order chi connectivity index (χ1) is 13.0. The Morgan fingerprint density at radius 1 is 1.37 bits per heavy atom. The minimum absolute atomic E-state index is 0.131. The molecule has 1 aromatic rings. The van der Waals surface area contributed by atoms with Crippen LogP contribution >= 0.6 is 11.6 Å². The molecule has 1 heterocycles. The third kappa shape index (κ3) is 6.94. The molecule has 0 spiro atoms. The van der Waals surface area contributed by atoms with E-state index in [9.17, 15) is 4.79 Å². The topological polar surface area (TPSA) is 66.0 Å². The van der Waals surface area contributed by atoms with Crippen LogP contribution in [0.15, 0.2) is 23.2 Å². The van der Waals surface area contributed by atoms with E-state index in [-0.39, 0.29) is 5.91 Å². The monoisotopic (exact) mass is 394 g/mol. The summed E-state index contributed by atoms with van der Waals surface area (Å²) in [7, 11) is 3.51. The van der Waals surface area contributed by atoms with Gasteiger partial charge in [0.25, 0.3) is 0 Å². The Hall–Kier alpha value is -1.95. The number of nitrogens with one attached hydrogen (secondary N) is 2. The van der Waals surface area contributed by atoms with Crippen LogP contribution in [0.4, 0.5) is 0 Å². The molecule has 0 bridgehead atoms. The number of carbonyl (C=O) groups is 1. The number of rotatable bonds is 7. The summed E-state index contributed by atoms with van der Waals surface area (Å²) in [5, 5.41) is 6.85. The van der Waals surface area contributed by atoms with Crippen molar-refractivity contribution in [2.45, 2.75) is 32.6 Å². The molecule has 0 radical (unpaired) electrons. The summed E-state index contributed by atoms with van der Waals surface area (Å²) >= 11 is 5.96. The predicted molar refractivity (Wildman–Crippen MR) is 111 cm³/mol. The lowest BCUT2D eigenvalue weighted by Gasteiger charge is -2.34. The highest BCUT2D eigenvalue weighted by Gasteiger charge is 2.22. The summed E-state index contributed by atoms with van der Waals surface area (Å²) in [4.78, 5) is 18.2. The number of nitrogens with zero attached hydrogens (tertiary/aromatic N) is 2. The van der Waals surface area contributed by atoms with E-state index >= 15 is 0 Å². The predicted octanol–water partition coefficient (Wildman–Crippen LogP) is 2.84. The summed E-state index contributed by atoms with van der Waals surface area (Å²) in [5.74, 6) is 2.40. The molecule has 0 aromatic heterocycles. The minimum atomic E-state index is 0.131. The number of halogens is 1. The van der Waals surface area contributed by atoms with Crippen LogP contribution < -0.4 is 15.4 Å². The molecule has 1 amide bonds. The molecule has 0 atom stereocenters. The fourth-order valence-corrected chi connectivity index (χ4v) is 3.50. The molecule has 1 aliphatic heterocycles. The van der Waals surface area contributed by atoms with Crippen LogP contribution in [0.25, 0.3) is 0 Å². The van der Waals surface area contributed by atoms with Gasteiger partial charge in [-0.25, -0.2) is 0 Å². The molecule has 0 unspecified atom stereocenters. The summed E-state index contributed by atoms with van der Waals surface area (Å²) in [6.07, 6.45) is 3.55. The SMILES string of the molecule is CN=C(NCCCOc1ccc(Cl)cc1C)N1CCC(CC(=O)NC)CC1. The zero-order valence-electron chi connectivity index (χ0n) is 16.6. The maximum absolute atomic E-state index is 11.5. The van der Waals surface area contributed by atoms with E-state index in [0.29, 0.717) is 18.9 Å². The van der Waals surface area contributed by atoms with Gasteiger partial charge in [-0.1, -0.05) is 11.6 Å². The Morgan fingerprint density at radius 3 is 2.74 bits per heavy atom. The summed E-state index contributed by atoms with van der Waals surface area (Å²) in [5.41, 5.74) is 1.05. The lowest BCUT2D eigenvalue weighted by Crippen LogP contribution is -2.46. The van der Waals surface area contributed by atoms with E-state index in [1.165, 1.54) is 0 Å². The standard InChI is InChI=1S/C20H31ClN4O2/c1-15-13-17(21)5-6-18(15)27-12-4-9-24-20(23-3)25-10-7-16(8-11-25)14-19(26)22-2/h5-6,13,16H,4,7-12,14H2,1-3H3,(H,22,26)(H,23,24). The number of guanidine groups is 1. The van der Waals surface area contributed by atoms with Crippen molar-refractivity contribution in [3.05, 3.63) is 28.8 Å². The highest BCUT2D eigenvalue weighted by Crippen LogP contribution is 2.22. The average Bonchev–Trinajstić information content (AvgIpc) is 2.67. The van der Waals surface area contributed by atoms with Crippen molar-refractivity contribution >= 4 is 23.5 Å².